The molecular formula is C22H21N3O4S. The number of Topliss-reactive ketones (excluding diaryl/α,β-unsaturated/α-hetero) is 1. The summed E-state index contributed by atoms with van der Waals surface area (Å²) in [6.45, 7) is 5.79. The number of fused-ring (bicyclic) bond motifs is 2. The molecule has 3 heterocycles. The van der Waals surface area contributed by atoms with Crippen LogP contribution in [0, 0.1) is 12.8 Å². The van der Waals surface area contributed by atoms with Gasteiger partial charge in [0, 0.05) is 22.7 Å². The summed E-state index contributed by atoms with van der Waals surface area (Å²) < 4.78 is 6.59. The molecule has 0 unspecified atom stereocenters. The van der Waals surface area contributed by atoms with Crippen LogP contribution in [-0.4, -0.2) is 32.9 Å². The van der Waals surface area contributed by atoms with E-state index in [0.29, 0.717) is 32.8 Å². The average Bonchev–Trinajstić information content (AvgIpc) is 3.30. The van der Waals surface area contributed by atoms with Crippen LogP contribution >= 0.6 is 11.3 Å². The van der Waals surface area contributed by atoms with Gasteiger partial charge < -0.3 is 9.72 Å². The van der Waals surface area contributed by atoms with E-state index in [0.717, 1.165) is 22.2 Å². The van der Waals surface area contributed by atoms with Crippen molar-refractivity contribution in [1.29, 1.82) is 0 Å². The Morgan fingerprint density at radius 1 is 1.27 bits per heavy atom. The van der Waals surface area contributed by atoms with Crippen molar-refractivity contribution in [1.82, 2.24) is 14.5 Å². The Labute approximate surface area is 176 Å². The molecular weight excluding hydrogens is 402 g/mol. The largest absolute Gasteiger partial charge is 0.461 e. The smallest absolute Gasteiger partial charge is 0.348 e. The van der Waals surface area contributed by atoms with Crippen LogP contribution < -0.4 is 5.56 Å². The van der Waals surface area contributed by atoms with Crippen molar-refractivity contribution in [3.8, 4) is 0 Å². The van der Waals surface area contributed by atoms with Gasteiger partial charge in [0.25, 0.3) is 5.56 Å². The number of ketones is 1. The molecule has 4 rings (SSSR count). The van der Waals surface area contributed by atoms with Crippen molar-refractivity contribution in [2.75, 3.05) is 6.61 Å². The maximum Gasteiger partial charge on any atom is 0.348 e. The highest BCUT2D eigenvalue weighted by molar-refractivity contribution is 7.20. The predicted octanol–water partition coefficient (Wildman–Crippen LogP) is 3.94. The van der Waals surface area contributed by atoms with E-state index in [1.54, 1.807) is 13.1 Å². The molecule has 3 aromatic heterocycles. The van der Waals surface area contributed by atoms with E-state index in [9.17, 15) is 14.4 Å². The molecule has 0 amide bonds. The fourth-order valence-corrected chi connectivity index (χ4v) is 4.35. The summed E-state index contributed by atoms with van der Waals surface area (Å²) in [5, 5.41) is 1.16. The number of rotatable bonds is 6. The van der Waals surface area contributed by atoms with Gasteiger partial charge in [-0.15, -0.1) is 11.3 Å². The van der Waals surface area contributed by atoms with Crippen molar-refractivity contribution in [2.45, 2.75) is 27.3 Å². The van der Waals surface area contributed by atoms with Crippen molar-refractivity contribution in [3.63, 3.8) is 0 Å². The zero-order valence-electron chi connectivity index (χ0n) is 16.9. The van der Waals surface area contributed by atoms with E-state index in [1.165, 1.54) is 10.9 Å². The number of benzene rings is 1. The van der Waals surface area contributed by atoms with E-state index in [-0.39, 0.29) is 23.8 Å². The molecule has 1 N–H and O–H groups in total. The zero-order valence-corrected chi connectivity index (χ0v) is 17.7. The topological polar surface area (TPSA) is 94.0 Å². The number of nitrogens with zero attached hydrogens (tertiary/aromatic N) is 2. The molecule has 0 fully saturated rings. The van der Waals surface area contributed by atoms with Crippen LogP contribution in [0.5, 0.6) is 0 Å². The van der Waals surface area contributed by atoms with Crippen LogP contribution in [0.15, 0.2) is 41.6 Å². The Morgan fingerprint density at radius 2 is 2.03 bits per heavy atom. The number of aryl methyl sites for hydroxylation is 1. The third-order valence-corrected chi connectivity index (χ3v) is 6.03. The number of thiophene rings is 1. The quantitative estimate of drug-likeness (QED) is 0.374. The maximum atomic E-state index is 13.0. The second-order valence-corrected chi connectivity index (χ2v) is 8.58. The normalized spacial score (nSPS) is 11.5. The number of nitrogens with one attached hydrogen (secondary N) is 1. The summed E-state index contributed by atoms with van der Waals surface area (Å²) in [6, 6.07) is 7.50. The summed E-state index contributed by atoms with van der Waals surface area (Å²) in [6.07, 6.45) is 3.01. The van der Waals surface area contributed by atoms with Gasteiger partial charge in [-0.2, -0.15) is 0 Å². The summed E-state index contributed by atoms with van der Waals surface area (Å²) in [5.74, 6) is -0.431. The lowest BCUT2D eigenvalue weighted by Gasteiger charge is -2.06. The van der Waals surface area contributed by atoms with E-state index >= 15 is 0 Å². The monoisotopic (exact) mass is 423 g/mol. The second-order valence-electron chi connectivity index (χ2n) is 7.58. The van der Waals surface area contributed by atoms with Gasteiger partial charge in [-0.1, -0.05) is 32.0 Å². The summed E-state index contributed by atoms with van der Waals surface area (Å²) in [5.41, 5.74) is 1.58. The van der Waals surface area contributed by atoms with Gasteiger partial charge in [0.1, 0.15) is 9.71 Å². The second kappa shape index (κ2) is 7.87. The van der Waals surface area contributed by atoms with Crippen LogP contribution in [0.4, 0.5) is 0 Å². The Kier molecular flexibility index (Phi) is 5.26. The Bertz CT molecular complexity index is 1330. The minimum absolute atomic E-state index is 0.133. The van der Waals surface area contributed by atoms with Crippen molar-refractivity contribution in [2.24, 2.45) is 5.92 Å². The molecule has 0 atom stereocenters. The Hall–Kier alpha value is -3.26. The van der Waals surface area contributed by atoms with E-state index in [4.69, 9.17) is 4.74 Å². The van der Waals surface area contributed by atoms with Crippen LogP contribution in [0.2, 0.25) is 0 Å². The first-order chi connectivity index (χ1) is 14.4. The number of carbonyl (C=O) groups is 2. The lowest BCUT2D eigenvalue weighted by atomic mass is 10.1. The SMILES string of the molecule is Cc1c(C(=O)OCC(C)C)sc2ncn(CC(=O)c3c[nH]c4ccccc34)c(=O)c12. The number of hydrogen-bond donors (Lipinski definition) is 1. The Balaban J connectivity index is 1.66. The third kappa shape index (κ3) is 3.54. The molecule has 154 valence electrons. The number of hydrogen-bond acceptors (Lipinski definition) is 6. The molecule has 0 aliphatic heterocycles. The maximum absolute atomic E-state index is 13.0. The van der Waals surface area contributed by atoms with Gasteiger partial charge in [0.2, 0.25) is 0 Å². The highest BCUT2D eigenvalue weighted by Crippen LogP contribution is 2.27. The molecule has 0 bridgehead atoms. The molecule has 1 aromatic carbocycles. The third-order valence-electron chi connectivity index (χ3n) is 4.85. The predicted molar refractivity (Wildman–Crippen MR) is 116 cm³/mol. The molecule has 0 spiro atoms. The number of aromatic nitrogens is 3. The molecule has 7 nitrogen and oxygen atoms in total. The van der Waals surface area contributed by atoms with Crippen molar-refractivity contribution >= 4 is 44.2 Å². The van der Waals surface area contributed by atoms with Gasteiger partial charge in [0.05, 0.1) is 24.9 Å². The molecule has 0 aliphatic rings. The lowest BCUT2D eigenvalue weighted by Crippen LogP contribution is -2.24. The van der Waals surface area contributed by atoms with Crippen LogP contribution in [0.1, 0.15) is 39.4 Å². The highest BCUT2D eigenvalue weighted by Gasteiger charge is 2.22. The van der Waals surface area contributed by atoms with Gasteiger partial charge in [-0.25, -0.2) is 9.78 Å². The fourth-order valence-electron chi connectivity index (χ4n) is 3.32. The van der Waals surface area contributed by atoms with Crippen molar-refractivity contribution in [3.05, 3.63) is 63.1 Å². The lowest BCUT2D eigenvalue weighted by molar-refractivity contribution is 0.0464. The molecule has 30 heavy (non-hydrogen) atoms. The molecule has 8 heteroatoms. The molecule has 0 radical (unpaired) electrons. The average molecular weight is 423 g/mol. The Morgan fingerprint density at radius 3 is 2.80 bits per heavy atom. The first kappa shape index (κ1) is 20.0. The van der Waals surface area contributed by atoms with E-state index < -0.39 is 5.97 Å². The number of aromatic amines is 1. The van der Waals surface area contributed by atoms with E-state index in [1.807, 2.05) is 38.1 Å². The number of ether oxygens (including phenoxy) is 1. The molecule has 0 saturated carbocycles. The summed E-state index contributed by atoms with van der Waals surface area (Å²) >= 11 is 1.14. The minimum atomic E-state index is -0.454. The minimum Gasteiger partial charge on any atom is -0.461 e. The van der Waals surface area contributed by atoms with Gasteiger partial charge in [-0.05, 0) is 24.5 Å². The molecule has 4 aromatic rings. The summed E-state index contributed by atoms with van der Waals surface area (Å²) in [7, 11) is 0. The molecule has 0 aliphatic carbocycles. The standard InChI is InChI=1S/C22H21N3O4S/c1-12(2)10-29-22(28)19-13(3)18-20(30-19)24-11-25(21(18)27)9-17(26)15-8-23-16-7-5-4-6-14(15)16/h4-8,11-12,23H,9-10H2,1-3H3. The van der Waals surface area contributed by atoms with Gasteiger partial charge in [-0.3, -0.25) is 14.2 Å². The summed E-state index contributed by atoms with van der Waals surface area (Å²) in [4.78, 5) is 46.5. The van der Waals surface area contributed by atoms with Gasteiger partial charge >= 0.3 is 5.97 Å². The van der Waals surface area contributed by atoms with Crippen molar-refractivity contribution < 1.29 is 14.3 Å². The fraction of sp³-hybridized carbons (Fsp3) is 0.273. The first-order valence-electron chi connectivity index (χ1n) is 9.61. The highest BCUT2D eigenvalue weighted by atomic mass is 32.1. The number of carbonyl (C=O) groups excluding carboxylic acids is 2. The van der Waals surface area contributed by atoms with E-state index in [2.05, 4.69) is 9.97 Å². The number of H-pyrrole nitrogens is 1. The van der Waals surface area contributed by atoms with Crippen LogP contribution in [0.25, 0.3) is 21.1 Å². The van der Waals surface area contributed by atoms with Crippen LogP contribution in [0.3, 0.4) is 0 Å². The first-order valence-corrected chi connectivity index (χ1v) is 10.4. The van der Waals surface area contributed by atoms with Gasteiger partial charge in [0.15, 0.2) is 5.78 Å². The molecule has 0 saturated heterocycles. The number of esters is 1. The number of para-hydroxylation sites is 1. The van der Waals surface area contributed by atoms with Crippen LogP contribution in [-0.2, 0) is 11.3 Å². The zero-order chi connectivity index (χ0) is 21.4.